The van der Waals surface area contributed by atoms with Gasteiger partial charge in [-0.1, -0.05) is 25.5 Å². The van der Waals surface area contributed by atoms with Gasteiger partial charge in [-0.15, -0.1) is 0 Å². The molecule has 2 aliphatic heterocycles. The van der Waals surface area contributed by atoms with Crippen LogP contribution < -0.4 is 0 Å². The van der Waals surface area contributed by atoms with Crippen LogP contribution in [-0.2, 0) is 14.3 Å². The van der Waals surface area contributed by atoms with E-state index in [1.807, 2.05) is 4.90 Å². The fraction of sp³-hybridized carbons (Fsp3) is 0.810. The van der Waals surface area contributed by atoms with Crippen LogP contribution in [0.2, 0.25) is 0 Å². The number of esters is 1. The first-order valence-corrected chi connectivity index (χ1v) is 10.4. The number of hydrogen-bond acceptors (Lipinski definition) is 5. The molecular formula is C21H32N2O4. The Morgan fingerprint density at radius 3 is 2.70 bits per heavy atom. The smallest absolute Gasteiger partial charge is 0.311 e. The number of aliphatic hydroxyl groups is 1. The van der Waals surface area contributed by atoms with Crippen molar-refractivity contribution in [2.75, 3.05) is 32.7 Å². The lowest BCUT2D eigenvalue weighted by Crippen LogP contribution is -2.55. The lowest BCUT2D eigenvalue weighted by Gasteiger charge is -2.52. The maximum absolute atomic E-state index is 12.7. The van der Waals surface area contributed by atoms with E-state index in [0.717, 1.165) is 32.4 Å². The van der Waals surface area contributed by atoms with Gasteiger partial charge in [0.15, 0.2) is 0 Å². The minimum absolute atomic E-state index is 0.108. The third kappa shape index (κ3) is 3.01. The molecule has 2 heterocycles. The molecular weight excluding hydrogens is 344 g/mol. The second-order valence-electron chi connectivity index (χ2n) is 9.11. The van der Waals surface area contributed by atoms with Crippen LogP contribution >= 0.6 is 0 Å². The Hall–Kier alpha value is -1.40. The van der Waals surface area contributed by atoms with E-state index in [2.05, 4.69) is 24.8 Å². The molecule has 0 aromatic carbocycles. The summed E-state index contributed by atoms with van der Waals surface area (Å²) in [5, 5.41) is 11.4. The highest BCUT2D eigenvalue weighted by Gasteiger charge is 2.59. The van der Waals surface area contributed by atoms with E-state index in [1.54, 1.807) is 6.92 Å². The van der Waals surface area contributed by atoms with Crippen molar-refractivity contribution >= 4 is 11.9 Å². The van der Waals surface area contributed by atoms with Crippen LogP contribution in [0.15, 0.2) is 11.6 Å². The van der Waals surface area contributed by atoms with Crippen molar-refractivity contribution in [2.24, 2.45) is 23.2 Å². The van der Waals surface area contributed by atoms with Gasteiger partial charge in [-0.3, -0.25) is 14.5 Å². The van der Waals surface area contributed by atoms with Crippen LogP contribution in [0, 0.1) is 23.2 Å². The molecule has 1 amide bonds. The van der Waals surface area contributed by atoms with Gasteiger partial charge in [0.1, 0.15) is 6.10 Å². The highest BCUT2D eigenvalue weighted by molar-refractivity contribution is 5.76. The number of fused-ring (bicyclic) bond motifs is 2. The van der Waals surface area contributed by atoms with Crippen LogP contribution in [0.25, 0.3) is 0 Å². The van der Waals surface area contributed by atoms with Gasteiger partial charge in [-0.25, -0.2) is 0 Å². The van der Waals surface area contributed by atoms with Crippen LogP contribution in [0.1, 0.15) is 40.0 Å². The molecule has 0 radical (unpaired) electrons. The van der Waals surface area contributed by atoms with Crippen molar-refractivity contribution in [3.63, 3.8) is 0 Å². The van der Waals surface area contributed by atoms with Gasteiger partial charge in [0.25, 0.3) is 0 Å². The molecule has 6 heteroatoms. The summed E-state index contributed by atoms with van der Waals surface area (Å²) in [5.41, 5.74) is 1.03. The lowest BCUT2D eigenvalue weighted by atomic mass is 9.55. The van der Waals surface area contributed by atoms with Gasteiger partial charge in [0.2, 0.25) is 5.91 Å². The summed E-state index contributed by atoms with van der Waals surface area (Å²) in [5.74, 6) is -0.0545. The summed E-state index contributed by atoms with van der Waals surface area (Å²) >= 11 is 0. The number of piperazine rings is 1. The molecule has 3 fully saturated rings. The fourth-order valence-electron chi connectivity index (χ4n) is 5.80. The van der Waals surface area contributed by atoms with Crippen molar-refractivity contribution in [3.05, 3.63) is 11.6 Å². The maximum atomic E-state index is 12.7. The standard InChI is InChI=1S/C21H32N2O4/c1-13-5-4-6-15-11-17-18(19(25)21(13,15)3)16(20(26)27-17)12-22-7-9-23(10-8-22)14(2)24/h6,13,16-19,25H,4-5,7-12H2,1-3H3/t13-,16?,17-,18-,19+,21-/m1/s1. The fourth-order valence-corrected chi connectivity index (χ4v) is 5.80. The average molecular weight is 376 g/mol. The van der Waals surface area contributed by atoms with E-state index in [1.165, 1.54) is 5.57 Å². The maximum Gasteiger partial charge on any atom is 0.311 e. The Bertz CT molecular complexity index is 655. The zero-order valence-corrected chi connectivity index (χ0v) is 16.7. The molecule has 6 atom stereocenters. The molecule has 0 aromatic rings. The van der Waals surface area contributed by atoms with Gasteiger partial charge in [-0.05, 0) is 18.8 Å². The van der Waals surface area contributed by atoms with Gasteiger partial charge in [0, 0.05) is 57.4 Å². The molecule has 150 valence electrons. The molecule has 1 N–H and O–H groups in total. The monoisotopic (exact) mass is 376 g/mol. The Morgan fingerprint density at radius 1 is 1.33 bits per heavy atom. The molecule has 4 rings (SSSR count). The first-order chi connectivity index (χ1) is 12.8. The first-order valence-electron chi connectivity index (χ1n) is 10.4. The highest BCUT2D eigenvalue weighted by atomic mass is 16.6. The zero-order valence-electron chi connectivity index (χ0n) is 16.7. The number of amides is 1. The van der Waals surface area contributed by atoms with Gasteiger partial charge in [0.05, 0.1) is 12.0 Å². The van der Waals surface area contributed by atoms with Crippen molar-refractivity contribution in [2.45, 2.75) is 52.2 Å². The topological polar surface area (TPSA) is 70.1 Å². The lowest BCUT2D eigenvalue weighted by molar-refractivity contribution is -0.145. The average Bonchev–Trinajstić information content (AvgIpc) is 2.94. The SMILES string of the molecule is CC(=O)N1CCN(CC2C(=O)O[C@@H]3CC4=CCC[C@@H](C)[C@@]4(C)[C@@H](O)[C@H]23)CC1. The van der Waals surface area contributed by atoms with Gasteiger partial charge >= 0.3 is 5.97 Å². The number of hydrogen-bond donors (Lipinski definition) is 1. The summed E-state index contributed by atoms with van der Waals surface area (Å²) in [6.45, 7) is 9.58. The van der Waals surface area contributed by atoms with E-state index >= 15 is 0 Å². The number of allylic oxidation sites excluding steroid dienone is 1. The molecule has 0 spiro atoms. The summed E-state index contributed by atoms with van der Waals surface area (Å²) < 4.78 is 5.75. The molecule has 27 heavy (non-hydrogen) atoms. The number of rotatable bonds is 2. The second kappa shape index (κ2) is 6.89. The minimum Gasteiger partial charge on any atom is -0.461 e. The predicted octanol–water partition coefficient (Wildman–Crippen LogP) is 1.44. The van der Waals surface area contributed by atoms with E-state index < -0.39 is 6.10 Å². The highest BCUT2D eigenvalue weighted by Crippen LogP contribution is 2.56. The van der Waals surface area contributed by atoms with E-state index in [0.29, 0.717) is 25.6 Å². The third-order valence-electron chi connectivity index (χ3n) is 7.84. The Balaban J connectivity index is 1.50. The number of aliphatic hydroxyl groups excluding tert-OH is 1. The second-order valence-corrected chi connectivity index (χ2v) is 9.11. The Morgan fingerprint density at radius 2 is 2.04 bits per heavy atom. The Labute approximate surface area is 161 Å². The summed E-state index contributed by atoms with van der Waals surface area (Å²) in [4.78, 5) is 28.3. The summed E-state index contributed by atoms with van der Waals surface area (Å²) in [7, 11) is 0. The van der Waals surface area contributed by atoms with Crippen LogP contribution in [0.4, 0.5) is 0 Å². The predicted molar refractivity (Wildman–Crippen MR) is 101 cm³/mol. The van der Waals surface area contributed by atoms with Gasteiger partial charge < -0.3 is 14.7 Å². The van der Waals surface area contributed by atoms with E-state index in [4.69, 9.17) is 4.74 Å². The number of carbonyl (C=O) groups is 2. The van der Waals surface area contributed by atoms with Gasteiger partial charge in [-0.2, -0.15) is 0 Å². The number of ether oxygens (including phenoxy) is 1. The van der Waals surface area contributed by atoms with Crippen LogP contribution in [0.3, 0.4) is 0 Å². The van der Waals surface area contributed by atoms with Crippen molar-refractivity contribution < 1.29 is 19.4 Å². The largest absolute Gasteiger partial charge is 0.461 e. The summed E-state index contributed by atoms with van der Waals surface area (Å²) in [6, 6.07) is 0. The molecule has 2 aliphatic carbocycles. The van der Waals surface area contributed by atoms with E-state index in [-0.39, 0.29) is 35.2 Å². The minimum atomic E-state index is -0.548. The molecule has 6 nitrogen and oxygen atoms in total. The quantitative estimate of drug-likeness (QED) is 0.583. The normalized spacial score (nSPS) is 42.2. The van der Waals surface area contributed by atoms with Crippen molar-refractivity contribution in [1.82, 2.24) is 9.80 Å². The molecule has 2 saturated heterocycles. The molecule has 1 unspecified atom stereocenters. The first kappa shape index (κ1) is 18.9. The number of nitrogens with zero attached hydrogens (tertiary/aromatic N) is 2. The summed E-state index contributed by atoms with van der Waals surface area (Å²) in [6.07, 6.45) is 4.42. The van der Waals surface area contributed by atoms with E-state index in [9.17, 15) is 14.7 Å². The Kier molecular flexibility index (Phi) is 4.83. The van der Waals surface area contributed by atoms with Crippen molar-refractivity contribution in [3.8, 4) is 0 Å². The third-order valence-corrected chi connectivity index (χ3v) is 7.84. The van der Waals surface area contributed by atoms with Crippen molar-refractivity contribution in [1.29, 1.82) is 0 Å². The molecule has 0 aromatic heterocycles. The molecule has 4 aliphatic rings. The number of carbonyl (C=O) groups excluding carboxylic acids is 2. The zero-order chi connectivity index (χ0) is 19.3. The molecule has 0 bridgehead atoms. The molecule has 1 saturated carbocycles. The van der Waals surface area contributed by atoms with Crippen LogP contribution in [-0.4, -0.2) is 71.7 Å². The van der Waals surface area contributed by atoms with Crippen LogP contribution in [0.5, 0.6) is 0 Å².